The summed E-state index contributed by atoms with van der Waals surface area (Å²) in [5, 5.41) is 0. The molecule has 0 saturated carbocycles. The van der Waals surface area contributed by atoms with Crippen molar-refractivity contribution in [2.24, 2.45) is 5.73 Å². The van der Waals surface area contributed by atoms with Crippen molar-refractivity contribution in [3.05, 3.63) is 29.3 Å². The Morgan fingerprint density at radius 2 is 1.94 bits per heavy atom. The molecule has 1 atom stereocenters. The zero-order chi connectivity index (χ0) is 11.8. The number of hydrogen-bond acceptors (Lipinski definition) is 2. The van der Waals surface area contributed by atoms with E-state index in [1.165, 1.54) is 16.8 Å². The topological polar surface area (TPSA) is 29.3 Å². The Morgan fingerprint density at radius 3 is 2.71 bits per heavy atom. The molecule has 3 rings (SSSR count). The zero-order valence-corrected chi connectivity index (χ0v) is 10.0. The molecule has 0 spiro atoms. The van der Waals surface area contributed by atoms with Gasteiger partial charge in [0.1, 0.15) is 6.17 Å². The number of nitrogens with zero attached hydrogens (tertiary/aromatic N) is 1. The van der Waals surface area contributed by atoms with Crippen molar-refractivity contribution in [1.29, 1.82) is 0 Å². The number of rotatable bonds is 1. The number of piperidine rings is 1. The van der Waals surface area contributed by atoms with Gasteiger partial charge in [-0.2, -0.15) is 0 Å². The standard InChI is InChI=1S/C14H19FN2/c15-10-6-8-17(9-7-10)14-3-1-2-11-12(14)4-5-13(11)16/h1-3,10,13H,4-9,16H2. The van der Waals surface area contributed by atoms with Gasteiger partial charge in [0.2, 0.25) is 0 Å². The molecule has 0 radical (unpaired) electrons. The molecule has 92 valence electrons. The van der Waals surface area contributed by atoms with Crippen LogP contribution in [0.5, 0.6) is 0 Å². The number of hydrogen-bond donors (Lipinski definition) is 1. The van der Waals surface area contributed by atoms with Gasteiger partial charge in [-0.15, -0.1) is 0 Å². The second-order valence-electron chi connectivity index (χ2n) is 5.15. The van der Waals surface area contributed by atoms with E-state index in [-0.39, 0.29) is 6.04 Å². The van der Waals surface area contributed by atoms with Crippen molar-refractivity contribution >= 4 is 5.69 Å². The SMILES string of the molecule is NC1CCc2c1cccc2N1CCC(F)CC1. The normalized spacial score (nSPS) is 25.1. The molecule has 0 bridgehead atoms. The van der Waals surface area contributed by atoms with Crippen LogP contribution in [0.1, 0.15) is 36.4 Å². The van der Waals surface area contributed by atoms with Crippen molar-refractivity contribution in [1.82, 2.24) is 0 Å². The molecule has 3 heteroatoms. The maximum atomic E-state index is 13.2. The molecular weight excluding hydrogens is 215 g/mol. The Balaban J connectivity index is 1.89. The summed E-state index contributed by atoms with van der Waals surface area (Å²) in [6, 6.07) is 6.58. The molecule has 1 aliphatic heterocycles. The van der Waals surface area contributed by atoms with Crippen LogP contribution < -0.4 is 10.6 Å². The Labute approximate surface area is 102 Å². The fourth-order valence-electron chi connectivity index (χ4n) is 3.05. The quantitative estimate of drug-likeness (QED) is 0.809. The largest absolute Gasteiger partial charge is 0.371 e. The Kier molecular flexibility index (Phi) is 2.79. The molecule has 0 amide bonds. The molecule has 17 heavy (non-hydrogen) atoms. The summed E-state index contributed by atoms with van der Waals surface area (Å²) < 4.78 is 13.2. The molecule has 1 aromatic carbocycles. The Morgan fingerprint density at radius 1 is 1.18 bits per heavy atom. The van der Waals surface area contributed by atoms with Gasteiger partial charge < -0.3 is 10.6 Å². The molecule has 2 N–H and O–H groups in total. The van der Waals surface area contributed by atoms with E-state index in [2.05, 4.69) is 23.1 Å². The Bertz CT molecular complexity index is 411. The smallest absolute Gasteiger partial charge is 0.103 e. The third-order valence-corrected chi connectivity index (χ3v) is 4.06. The number of halogens is 1. The van der Waals surface area contributed by atoms with E-state index in [1.54, 1.807) is 0 Å². The molecule has 1 aliphatic carbocycles. The van der Waals surface area contributed by atoms with Crippen LogP contribution in [0, 0.1) is 0 Å². The van der Waals surface area contributed by atoms with Crippen LogP contribution in [0.3, 0.4) is 0 Å². The molecule has 1 saturated heterocycles. The van der Waals surface area contributed by atoms with Gasteiger partial charge in [-0.05, 0) is 42.9 Å². The summed E-state index contributed by atoms with van der Waals surface area (Å²) in [5.74, 6) is 0. The average molecular weight is 234 g/mol. The first-order chi connectivity index (χ1) is 8.25. The zero-order valence-electron chi connectivity index (χ0n) is 10.0. The lowest BCUT2D eigenvalue weighted by Gasteiger charge is -2.32. The van der Waals surface area contributed by atoms with Gasteiger partial charge in [0.25, 0.3) is 0 Å². The van der Waals surface area contributed by atoms with Gasteiger partial charge >= 0.3 is 0 Å². The van der Waals surface area contributed by atoms with Crippen LogP contribution in [-0.4, -0.2) is 19.3 Å². The van der Waals surface area contributed by atoms with Crippen LogP contribution in [0.4, 0.5) is 10.1 Å². The predicted octanol–water partition coefficient (Wildman–Crippen LogP) is 2.57. The minimum atomic E-state index is -0.606. The first-order valence-electron chi connectivity index (χ1n) is 6.52. The van der Waals surface area contributed by atoms with E-state index in [0.29, 0.717) is 12.8 Å². The first-order valence-corrected chi connectivity index (χ1v) is 6.52. The minimum Gasteiger partial charge on any atom is -0.371 e. The van der Waals surface area contributed by atoms with E-state index in [0.717, 1.165) is 25.9 Å². The summed E-state index contributed by atoms with van der Waals surface area (Å²) in [5.41, 5.74) is 10.1. The summed E-state index contributed by atoms with van der Waals surface area (Å²) in [7, 11) is 0. The number of anilines is 1. The second-order valence-corrected chi connectivity index (χ2v) is 5.15. The van der Waals surface area contributed by atoms with Gasteiger partial charge in [-0.25, -0.2) is 4.39 Å². The van der Waals surface area contributed by atoms with E-state index in [4.69, 9.17) is 5.73 Å². The highest BCUT2D eigenvalue weighted by atomic mass is 19.1. The van der Waals surface area contributed by atoms with Crippen LogP contribution >= 0.6 is 0 Å². The van der Waals surface area contributed by atoms with Crippen LogP contribution in [0.2, 0.25) is 0 Å². The van der Waals surface area contributed by atoms with Gasteiger partial charge in [0, 0.05) is 24.8 Å². The third kappa shape index (κ3) is 1.93. The van der Waals surface area contributed by atoms with Gasteiger partial charge in [-0.3, -0.25) is 0 Å². The molecule has 2 aliphatic rings. The van der Waals surface area contributed by atoms with Crippen LogP contribution in [0.15, 0.2) is 18.2 Å². The van der Waals surface area contributed by atoms with E-state index >= 15 is 0 Å². The van der Waals surface area contributed by atoms with E-state index in [1.807, 2.05) is 0 Å². The van der Waals surface area contributed by atoms with Crippen molar-refractivity contribution < 1.29 is 4.39 Å². The van der Waals surface area contributed by atoms with Crippen LogP contribution in [0.25, 0.3) is 0 Å². The predicted molar refractivity (Wildman–Crippen MR) is 68.0 cm³/mol. The fraction of sp³-hybridized carbons (Fsp3) is 0.571. The molecule has 1 unspecified atom stereocenters. The monoisotopic (exact) mass is 234 g/mol. The Hall–Kier alpha value is -1.09. The summed E-state index contributed by atoms with van der Waals surface area (Å²) >= 11 is 0. The summed E-state index contributed by atoms with van der Waals surface area (Å²) in [6.07, 6.45) is 2.84. The van der Waals surface area contributed by atoms with E-state index in [9.17, 15) is 4.39 Å². The van der Waals surface area contributed by atoms with Crippen molar-refractivity contribution in [3.63, 3.8) is 0 Å². The van der Waals surface area contributed by atoms with Gasteiger partial charge in [0.05, 0.1) is 0 Å². The van der Waals surface area contributed by atoms with Crippen molar-refractivity contribution in [2.75, 3.05) is 18.0 Å². The molecular formula is C14H19FN2. The minimum absolute atomic E-state index is 0.198. The van der Waals surface area contributed by atoms with Crippen LogP contribution in [-0.2, 0) is 6.42 Å². The van der Waals surface area contributed by atoms with Gasteiger partial charge in [-0.1, -0.05) is 12.1 Å². The maximum absolute atomic E-state index is 13.2. The number of fused-ring (bicyclic) bond motifs is 1. The van der Waals surface area contributed by atoms with Crippen molar-refractivity contribution in [2.45, 2.75) is 37.9 Å². The lowest BCUT2D eigenvalue weighted by molar-refractivity contribution is 0.277. The lowest BCUT2D eigenvalue weighted by Crippen LogP contribution is -2.34. The summed E-state index contributed by atoms with van der Waals surface area (Å²) in [4.78, 5) is 2.33. The summed E-state index contributed by atoms with van der Waals surface area (Å²) in [6.45, 7) is 1.68. The number of benzene rings is 1. The molecule has 0 aromatic heterocycles. The highest BCUT2D eigenvalue weighted by molar-refractivity contribution is 5.59. The number of nitrogens with two attached hydrogens (primary N) is 1. The second kappa shape index (κ2) is 4.30. The maximum Gasteiger partial charge on any atom is 0.103 e. The average Bonchev–Trinajstić information content (AvgIpc) is 2.73. The molecule has 1 aromatic rings. The fourth-order valence-corrected chi connectivity index (χ4v) is 3.05. The molecule has 2 nitrogen and oxygen atoms in total. The van der Waals surface area contributed by atoms with Crippen molar-refractivity contribution in [3.8, 4) is 0 Å². The number of alkyl halides is 1. The highest BCUT2D eigenvalue weighted by Crippen LogP contribution is 2.36. The van der Waals surface area contributed by atoms with Gasteiger partial charge in [0.15, 0.2) is 0 Å². The molecule has 1 fully saturated rings. The van der Waals surface area contributed by atoms with E-state index < -0.39 is 6.17 Å². The lowest BCUT2D eigenvalue weighted by atomic mass is 10.0. The highest BCUT2D eigenvalue weighted by Gasteiger charge is 2.25. The third-order valence-electron chi connectivity index (χ3n) is 4.06. The molecule has 1 heterocycles. The first kappa shape index (κ1) is 11.0.